The molecule has 0 aromatic carbocycles. The molecule has 17 heavy (non-hydrogen) atoms. The van der Waals surface area contributed by atoms with Crippen LogP contribution in [0.2, 0.25) is 0 Å². The lowest BCUT2D eigenvalue weighted by molar-refractivity contribution is -0.517. The van der Waals surface area contributed by atoms with Gasteiger partial charge in [-0.15, -0.1) is 0 Å². The molecule has 104 valence electrons. The molecule has 0 radical (unpaired) electrons. The van der Waals surface area contributed by atoms with Crippen molar-refractivity contribution in [2.45, 2.75) is 56.3 Å². The molecule has 0 spiro atoms. The van der Waals surface area contributed by atoms with Gasteiger partial charge in [0.1, 0.15) is 6.10 Å². The molecule has 0 saturated heterocycles. The second kappa shape index (κ2) is 5.55. The van der Waals surface area contributed by atoms with Crippen molar-refractivity contribution in [2.24, 2.45) is 0 Å². The molecule has 1 unspecified atom stereocenters. The van der Waals surface area contributed by atoms with Gasteiger partial charge in [0, 0.05) is 0 Å². The first-order chi connectivity index (χ1) is 7.48. The average molecular weight is 256 g/mol. The molecule has 0 saturated carbocycles. The summed E-state index contributed by atoms with van der Waals surface area (Å²) in [4.78, 5) is 0. The van der Waals surface area contributed by atoms with Crippen molar-refractivity contribution in [3.8, 4) is 0 Å². The van der Waals surface area contributed by atoms with Crippen LogP contribution in [0.15, 0.2) is 0 Å². The summed E-state index contributed by atoms with van der Waals surface area (Å²) in [5.74, 6) is -12.0. The van der Waals surface area contributed by atoms with E-state index in [1.165, 1.54) is 0 Å². The number of aliphatic hydroxyl groups excluding tert-OH is 1. The first-order valence-electron chi connectivity index (χ1n) is 5.23. The lowest BCUT2D eigenvalue weighted by atomic mass is 9.94. The molecule has 0 aromatic heterocycles. The van der Waals surface area contributed by atoms with Crippen molar-refractivity contribution in [1.29, 1.82) is 0 Å². The van der Waals surface area contributed by atoms with Crippen molar-refractivity contribution in [2.75, 3.05) is 0 Å². The molecule has 8 N–H and O–H groups in total. The summed E-state index contributed by atoms with van der Waals surface area (Å²) in [5.41, 5.74) is 0. The summed E-state index contributed by atoms with van der Waals surface area (Å²) in [6.07, 6.45) is -0.510. The van der Waals surface area contributed by atoms with E-state index < -0.39 is 23.7 Å². The maximum absolute atomic E-state index is 9.35. The Hall–Kier alpha value is -0.320. The summed E-state index contributed by atoms with van der Waals surface area (Å²) >= 11 is 0. The fourth-order valence-electron chi connectivity index (χ4n) is 1.27. The first kappa shape index (κ1) is 16.7. The number of unbranched alkanes of at least 4 members (excludes halogenated alkanes) is 2. The Morgan fingerprint density at radius 3 is 1.71 bits per heavy atom. The van der Waals surface area contributed by atoms with Gasteiger partial charge in [-0.1, -0.05) is 26.2 Å². The predicted molar refractivity (Wildman–Crippen MR) is 53.9 cm³/mol. The van der Waals surface area contributed by atoms with Gasteiger partial charge in [0.25, 0.3) is 5.79 Å². The lowest BCUT2D eigenvalue weighted by Crippen LogP contribution is -2.72. The normalized spacial score (nSPS) is 16.1. The monoisotopic (exact) mass is 256 g/mol. The van der Waals surface area contributed by atoms with E-state index in [0.29, 0.717) is 12.8 Å². The van der Waals surface area contributed by atoms with Crippen LogP contribution in [0.5, 0.6) is 0 Å². The minimum atomic E-state index is -4.19. The molecular weight excluding hydrogens is 236 g/mol. The summed E-state index contributed by atoms with van der Waals surface area (Å²) < 4.78 is 0. The van der Waals surface area contributed by atoms with Crippen LogP contribution in [0.25, 0.3) is 0 Å². The molecule has 0 heterocycles. The standard InChI is InChI=1S/C9H20O8/c1-2-3-4-5-6(10)7(11,12)8(13,14)9(15,16)17/h6,10-17H,2-5H2,1H3. The number of aliphatic hydroxyl groups is 8. The van der Waals surface area contributed by atoms with Crippen LogP contribution < -0.4 is 0 Å². The maximum Gasteiger partial charge on any atom is 0.338 e. The van der Waals surface area contributed by atoms with Gasteiger partial charge in [-0.2, -0.15) is 0 Å². The highest BCUT2D eigenvalue weighted by atomic mass is 16.7. The van der Waals surface area contributed by atoms with Gasteiger partial charge < -0.3 is 40.9 Å². The zero-order valence-electron chi connectivity index (χ0n) is 9.48. The largest absolute Gasteiger partial charge is 0.387 e. The minimum absolute atomic E-state index is 0.222. The molecule has 0 aliphatic carbocycles. The van der Waals surface area contributed by atoms with E-state index in [1.807, 2.05) is 6.92 Å². The van der Waals surface area contributed by atoms with Crippen LogP contribution >= 0.6 is 0 Å². The van der Waals surface area contributed by atoms with E-state index >= 15 is 0 Å². The highest BCUT2D eigenvalue weighted by Gasteiger charge is 2.64. The Kier molecular flexibility index (Phi) is 5.44. The van der Waals surface area contributed by atoms with E-state index in [4.69, 9.17) is 25.5 Å². The Morgan fingerprint density at radius 2 is 1.35 bits per heavy atom. The van der Waals surface area contributed by atoms with Crippen LogP contribution in [0.4, 0.5) is 0 Å². The van der Waals surface area contributed by atoms with E-state index in [0.717, 1.165) is 6.42 Å². The molecule has 8 heteroatoms. The van der Waals surface area contributed by atoms with E-state index in [9.17, 15) is 15.3 Å². The Bertz CT molecular complexity index is 232. The van der Waals surface area contributed by atoms with E-state index in [-0.39, 0.29) is 6.42 Å². The highest BCUT2D eigenvalue weighted by molar-refractivity contribution is 4.92. The van der Waals surface area contributed by atoms with Gasteiger partial charge in [0.05, 0.1) is 0 Å². The van der Waals surface area contributed by atoms with Crippen LogP contribution in [-0.2, 0) is 0 Å². The third-order valence-corrected chi connectivity index (χ3v) is 2.53. The van der Waals surface area contributed by atoms with E-state index in [1.54, 1.807) is 0 Å². The summed E-state index contributed by atoms with van der Waals surface area (Å²) in [7, 11) is 0. The Labute approximate surface area is 98.0 Å². The van der Waals surface area contributed by atoms with Gasteiger partial charge in [0.2, 0.25) is 0 Å². The molecule has 0 fully saturated rings. The predicted octanol–water partition coefficient (Wildman–Crippen LogP) is -3.08. The average Bonchev–Trinajstić information content (AvgIpc) is 2.15. The summed E-state index contributed by atoms with van der Waals surface area (Å²) in [5, 5.41) is 71.7. The third-order valence-electron chi connectivity index (χ3n) is 2.53. The van der Waals surface area contributed by atoms with Gasteiger partial charge in [-0.3, -0.25) is 0 Å². The molecule has 0 amide bonds. The second-order valence-corrected chi connectivity index (χ2v) is 4.05. The summed E-state index contributed by atoms with van der Waals surface area (Å²) in [6, 6.07) is 0. The Morgan fingerprint density at radius 1 is 0.882 bits per heavy atom. The molecule has 0 rings (SSSR count). The fraction of sp³-hybridized carbons (Fsp3) is 1.00. The minimum Gasteiger partial charge on any atom is -0.387 e. The number of rotatable bonds is 7. The third kappa shape index (κ3) is 3.57. The number of hydrogen-bond acceptors (Lipinski definition) is 8. The smallest absolute Gasteiger partial charge is 0.338 e. The van der Waals surface area contributed by atoms with Crippen LogP contribution in [0, 0.1) is 0 Å². The van der Waals surface area contributed by atoms with Crippen molar-refractivity contribution < 1.29 is 40.9 Å². The van der Waals surface area contributed by atoms with Crippen molar-refractivity contribution >= 4 is 0 Å². The molecular formula is C9H20O8. The molecule has 0 aromatic rings. The van der Waals surface area contributed by atoms with Crippen molar-refractivity contribution in [3.05, 3.63) is 0 Å². The second-order valence-electron chi connectivity index (χ2n) is 4.05. The zero-order chi connectivity index (χ0) is 13.9. The molecule has 0 aliphatic rings. The SMILES string of the molecule is CCCCCC(O)C(O)(O)C(O)(O)C(O)(O)O. The zero-order valence-corrected chi connectivity index (χ0v) is 9.48. The van der Waals surface area contributed by atoms with Gasteiger partial charge in [-0.25, -0.2) is 0 Å². The number of hydrogen-bond donors (Lipinski definition) is 8. The van der Waals surface area contributed by atoms with Crippen LogP contribution in [0.3, 0.4) is 0 Å². The van der Waals surface area contributed by atoms with Gasteiger partial charge in [0.15, 0.2) is 0 Å². The molecule has 8 nitrogen and oxygen atoms in total. The van der Waals surface area contributed by atoms with E-state index in [2.05, 4.69) is 0 Å². The molecule has 0 aliphatic heterocycles. The maximum atomic E-state index is 9.35. The van der Waals surface area contributed by atoms with Crippen LogP contribution in [0.1, 0.15) is 32.6 Å². The lowest BCUT2D eigenvalue weighted by Gasteiger charge is -2.41. The molecule has 0 bridgehead atoms. The quantitative estimate of drug-likeness (QED) is 0.176. The molecule has 1 atom stereocenters. The topological polar surface area (TPSA) is 162 Å². The fourth-order valence-corrected chi connectivity index (χ4v) is 1.27. The van der Waals surface area contributed by atoms with Gasteiger partial charge >= 0.3 is 11.8 Å². The summed E-state index contributed by atoms with van der Waals surface area (Å²) in [6.45, 7) is 1.86. The highest BCUT2D eigenvalue weighted by Crippen LogP contribution is 2.30. The first-order valence-corrected chi connectivity index (χ1v) is 5.23. The van der Waals surface area contributed by atoms with Crippen LogP contribution in [-0.4, -0.2) is 64.5 Å². The van der Waals surface area contributed by atoms with Crippen molar-refractivity contribution in [1.82, 2.24) is 0 Å². The van der Waals surface area contributed by atoms with Gasteiger partial charge in [-0.05, 0) is 6.42 Å². The Balaban J connectivity index is 4.75. The van der Waals surface area contributed by atoms with Crippen molar-refractivity contribution in [3.63, 3.8) is 0 Å².